The second-order valence-corrected chi connectivity index (χ2v) is 6.30. The molecule has 1 aromatic carbocycles. The first kappa shape index (κ1) is 16.3. The van der Waals surface area contributed by atoms with Crippen LogP contribution in [0.15, 0.2) is 67.1 Å². The van der Waals surface area contributed by atoms with Crippen LogP contribution in [-0.4, -0.2) is 38.7 Å². The molecule has 1 amide bonds. The van der Waals surface area contributed by atoms with E-state index in [0.717, 1.165) is 19.4 Å². The maximum absolute atomic E-state index is 13.1. The number of aromatic nitrogens is 3. The molecule has 1 fully saturated rings. The summed E-state index contributed by atoms with van der Waals surface area (Å²) < 4.78 is 7.78. The lowest BCUT2D eigenvalue weighted by Gasteiger charge is -2.33. The van der Waals surface area contributed by atoms with Crippen LogP contribution in [0, 0.1) is 0 Å². The molecule has 1 saturated heterocycles. The number of piperidine rings is 1. The maximum Gasteiger partial charge on any atom is 0.259 e. The Labute approximate surface area is 152 Å². The van der Waals surface area contributed by atoms with Gasteiger partial charge >= 0.3 is 0 Å². The molecule has 0 bridgehead atoms. The molecule has 26 heavy (non-hydrogen) atoms. The average molecular weight is 348 g/mol. The van der Waals surface area contributed by atoms with E-state index in [4.69, 9.17) is 4.74 Å². The highest BCUT2D eigenvalue weighted by Crippen LogP contribution is 2.27. The summed E-state index contributed by atoms with van der Waals surface area (Å²) in [6.07, 6.45) is 7.33. The van der Waals surface area contributed by atoms with Crippen molar-refractivity contribution in [1.82, 2.24) is 19.7 Å². The van der Waals surface area contributed by atoms with Gasteiger partial charge in [-0.25, -0.2) is 4.98 Å². The number of hydrogen-bond acceptors (Lipinski definition) is 4. The summed E-state index contributed by atoms with van der Waals surface area (Å²) in [7, 11) is 0. The molecule has 0 N–H and O–H groups in total. The van der Waals surface area contributed by atoms with Crippen molar-refractivity contribution >= 4 is 5.91 Å². The quantitative estimate of drug-likeness (QED) is 0.723. The van der Waals surface area contributed by atoms with Gasteiger partial charge in [0, 0.05) is 31.7 Å². The molecule has 0 unspecified atom stereocenters. The van der Waals surface area contributed by atoms with Gasteiger partial charge in [0.2, 0.25) is 5.88 Å². The van der Waals surface area contributed by atoms with E-state index in [-0.39, 0.29) is 11.9 Å². The second kappa shape index (κ2) is 7.39. The predicted octanol–water partition coefficient (Wildman–Crippen LogP) is 3.55. The van der Waals surface area contributed by atoms with E-state index in [1.165, 1.54) is 0 Å². The molecule has 6 heteroatoms. The molecule has 132 valence electrons. The molecule has 0 spiro atoms. The minimum absolute atomic E-state index is 0.0547. The van der Waals surface area contributed by atoms with Gasteiger partial charge in [-0.2, -0.15) is 5.10 Å². The van der Waals surface area contributed by atoms with Crippen molar-refractivity contribution in [2.45, 2.75) is 18.9 Å². The maximum atomic E-state index is 13.1. The standard InChI is InChI=1S/C20H20N4O2/c25-20(23-13-5-7-16(15-23)24-14-6-12-22-24)18-10-4-11-21-19(18)26-17-8-2-1-3-9-17/h1-4,6,8-12,14,16H,5,7,13,15H2/t16-/m1/s1. The highest BCUT2D eigenvalue weighted by Gasteiger charge is 2.27. The van der Waals surface area contributed by atoms with Crippen LogP contribution in [0.1, 0.15) is 29.2 Å². The fraction of sp³-hybridized carbons (Fsp3) is 0.250. The van der Waals surface area contributed by atoms with Crippen molar-refractivity contribution in [3.8, 4) is 11.6 Å². The minimum Gasteiger partial charge on any atom is -0.438 e. The monoisotopic (exact) mass is 348 g/mol. The van der Waals surface area contributed by atoms with Crippen molar-refractivity contribution in [1.29, 1.82) is 0 Å². The van der Waals surface area contributed by atoms with Crippen molar-refractivity contribution in [3.05, 3.63) is 72.7 Å². The Hall–Kier alpha value is -3.15. The van der Waals surface area contributed by atoms with Gasteiger partial charge in [-0.1, -0.05) is 18.2 Å². The molecule has 1 aliphatic rings. The van der Waals surface area contributed by atoms with Gasteiger partial charge in [0.25, 0.3) is 5.91 Å². The summed E-state index contributed by atoms with van der Waals surface area (Å²) in [5.41, 5.74) is 0.484. The first-order valence-electron chi connectivity index (χ1n) is 8.77. The van der Waals surface area contributed by atoms with Crippen LogP contribution in [0.5, 0.6) is 11.6 Å². The number of likely N-dealkylation sites (tertiary alicyclic amines) is 1. The number of rotatable bonds is 4. The summed E-state index contributed by atoms with van der Waals surface area (Å²) in [4.78, 5) is 19.2. The van der Waals surface area contributed by atoms with E-state index in [9.17, 15) is 4.79 Å². The lowest BCUT2D eigenvalue weighted by Crippen LogP contribution is -2.41. The van der Waals surface area contributed by atoms with Crippen LogP contribution in [0.3, 0.4) is 0 Å². The smallest absolute Gasteiger partial charge is 0.259 e. The third kappa shape index (κ3) is 3.44. The Balaban J connectivity index is 1.54. The van der Waals surface area contributed by atoms with Crippen LogP contribution in [-0.2, 0) is 0 Å². The van der Waals surface area contributed by atoms with Crippen LogP contribution in [0.25, 0.3) is 0 Å². The van der Waals surface area contributed by atoms with Gasteiger partial charge in [-0.15, -0.1) is 0 Å². The van der Waals surface area contributed by atoms with Gasteiger partial charge in [-0.3, -0.25) is 9.48 Å². The number of ether oxygens (including phenoxy) is 1. The van der Waals surface area contributed by atoms with Gasteiger partial charge < -0.3 is 9.64 Å². The molecule has 3 aromatic rings. The largest absolute Gasteiger partial charge is 0.438 e. The molecule has 6 nitrogen and oxygen atoms in total. The summed E-state index contributed by atoms with van der Waals surface area (Å²) in [5.74, 6) is 0.944. The molecule has 0 aliphatic carbocycles. The number of carbonyl (C=O) groups is 1. The SMILES string of the molecule is O=C(c1cccnc1Oc1ccccc1)N1CCC[C@@H](n2cccn2)C1. The van der Waals surface area contributed by atoms with Gasteiger partial charge in [0.1, 0.15) is 11.3 Å². The number of amides is 1. The topological polar surface area (TPSA) is 60.2 Å². The number of para-hydroxylation sites is 1. The zero-order chi connectivity index (χ0) is 17.8. The normalized spacial score (nSPS) is 17.1. The van der Waals surface area contributed by atoms with E-state index >= 15 is 0 Å². The lowest BCUT2D eigenvalue weighted by molar-refractivity contribution is 0.0669. The first-order chi connectivity index (χ1) is 12.8. The second-order valence-electron chi connectivity index (χ2n) is 6.30. The van der Waals surface area contributed by atoms with Gasteiger partial charge in [0.15, 0.2) is 0 Å². The van der Waals surface area contributed by atoms with E-state index in [2.05, 4.69) is 10.1 Å². The Kier molecular flexibility index (Phi) is 4.64. The average Bonchev–Trinajstić information content (AvgIpc) is 3.24. The third-order valence-electron chi connectivity index (χ3n) is 4.54. The fourth-order valence-corrected chi connectivity index (χ4v) is 3.26. The van der Waals surface area contributed by atoms with Crippen LogP contribution < -0.4 is 4.74 Å². The highest BCUT2D eigenvalue weighted by atomic mass is 16.5. The van der Waals surface area contributed by atoms with Crippen molar-refractivity contribution in [2.75, 3.05) is 13.1 Å². The van der Waals surface area contributed by atoms with Crippen molar-refractivity contribution in [3.63, 3.8) is 0 Å². The molecule has 1 aliphatic heterocycles. The Morgan fingerprint density at radius 1 is 1.08 bits per heavy atom. The van der Waals surface area contributed by atoms with E-state index < -0.39 is 0 Å². The summed E-state index contributed by atoms with van der Waals surface area (Å²) in [6.45, 7) is 1.37. The molecular formula is C20H20N4O2. The lowest BCUT2D eigenvalue weighted by atomic mass is 10.0. The molecule has 3 heterocycles. The van der Waals surface area contributed by atoms with Gasteiger partial charge in [0.05, 0.1) is 6.04 Å². The molecule has 2 aromatic heterocycles. The summed E-state index contributed by atoms with van der Waals surface area (Å²) in [6, 6.07) is 15.0. The van der Waals surface area contributed by atoms with E-state index in [0.29, 0.717) is 23.7 Å². The molecule has 0 radical (unpaired) electrons. The zero-order valence-corrected chi connectivity index (χ0v) is 14.4. The summed E-state index contributed by atoms with van der Waals surface area (Å²) >= 11 is 0. The Morgan fingerprint density at radius 3 is 2.77 bits per heavy atom. The van der Waals surface area contributed by atoms with Crippen LogP contribution in [0.2, 0.25) is 0 Å². The Bertz CT molecular complexity index is 865. The number of benzene rings is 1. The number of hydrogen-bond donors (Lipinski definition) is 0. The van der Waals surface area contributed by atoms with E-state index in [1.54, 1.807) is 24.5 Å². The minimum atomic E-state index is -0.0547. The third-order valence-corrected chi connectivity index (χ3v) is 4.54. The fourth-order valence-electron chi connectivity index (χ4n) is 3.26. The van der Waals surface area contributed by atoms with Gasteiger partial charge in [-0.05, 0) is 43.2 Å². The molecule has 0 saturated carbocycles. The summed E-state index contributed by atoms with van der Waals surface area (Å²) in [5, 5.41) is 4.32. The van der Waals surface area contributed by atoms with Crippen molar-refractivity contribution in [2.24, 2.45) is 0 Å². The zero-order valence-electron chi connectivity index (χ0n) is 14.4. The van der Waals surface area contributed by atoms with Crippen LogP contribution in [0.4, 0.5) is 0 Å². The number of pyridine rings is 1. The number of nitrogens with zero attached hydrogens (tertiary/aromatic N) is 4. The molecular weight excluding hydrogens is 328 g/mol. The number of carbonyl (C=O) groups excluding carboxylic acids is 1. The first-order valence-corrected chi connectivity index (χ1v) is 8.77. The predicted molar refractivity (Wildman–Crippen MR) is 97.2 cm³/mol. The molecule has 1 atom stereocenters. The Morgan fingerprint density at radius 2 is 1.96 bits per heavy atom. The van der Waals surface area contributed by atoms with E-state index in [1.807, 2.05) is 52.2 Å². The highest BCUT2D eigenvalue weighted by molar-refractivity contribution is 5.96. The van der Waals surface area contributed by atoms with Crippen molar-refractivity contribution < 1.29 is 9.53 Å². The molecule has 4 rings (SSSR count). The van der Waals surface area contributed by atoms with Crippen LogP contribution >= 0.6 is 0 Å².